The summed E-state index contributed by atoms with van der Waals surface area (Å²) in [5.41, 5.74) is 2.49. The van der Waals surface area contributed by atoms with E-state index in [-0.39, 0.29) is 22.8 Å². The second-order valence-electron chi connectivity index (χ2n) is 7.24. The third-order valence-electron chi connectivity index (χ3n) is 5.12. The van der Waals surface area contributed by atoms with Crippen LogP contribution in [0.1, 0.15) is 23.0 Å². The standard InChI is InChI=1S/C18H12Cl3N4O3.BF4/c19-10-4-13(20)18(14(21)5-10)24-8-23-16(22-24)7-28-15-3-9-1-2-11(25(26)27)6-12(9)17(15)23;2-1(3,4)5/h1-2,4-6,8,15,17H,3,7H2;/q+1;-1/t15-,17+;/m0./s1. The summed E-state index contributed by atoms with van der Waals surface area (Å²) in [6.45, 7) is 0.326. The lowest BCUT2D eigenvalue weighted by Gasteiger charge is -2.23. The van der Waals surface area contributed by atoms with E-state index in [0.717, 1.165) is 11.1 Å². The first-order chi connectivity index (χ1) is 15.4. The molecule has 0 saturated carbocycles. The highest BCUT2D eigenvalue weighted by atomic mass is 35.5. The smallest absolute Gasteiger partial charge is 0.418 e. The average Bonchev–Trinajstić information content (AvgIpc) is 3.25. The van der Waals surface area contributed by atoms with Crippen molar-refractivity contribution in [3.05, 3.63) is 78.8 Å². The first kappa shape index (κ1) is 23.7. The summed E-state index contributed by atoms with van der Waals surface area (Å²) >= 11 is 18.7. The van der Waals surface area contributed by atoms with E-state index in [1.54, 1.807) is 35.3 Å². The number of fused-ring (bicyclic) bond motifs is 5. The van der Waals surface area contributed by atoms with Crippen LogP contribution < -0.4 is 4.57 Å². The fourth-order valence-corrected chi connectivity index (χ4v) is 4.92. The van der Waals surface area contributed by atoms with Crippen LogP contribution in [0.15, 0.2) is 36.7 Å². The monoisotopic (exact) mass is 524 g/mol. The van der Waals surface area contributed by atoms with E-state index >= 15 is 0 Å². The SMILES string of the molecule is F[B-](F)(F)F.O=[N+]([O-])c1ccc2c(c1)[C@@H]1[C@H](C2)OCc2nn(-c3c(Cl)cc(Cl)cc3Cl)c[n+]21. The fraction of sp³-hybridized carbons (Fsp3) is 0.222. The van der Waals surface area contributed by atoms with Crippen molar-refractivity contribution in [2.75, 3.05) is 0 Å². The van der Waals surface area contributed by atoms with Crippen LogP contribution in [0.2, 0.25) is 15.1 Å². The fourth-order valence-electron chi connectivity index (χ4n) is 3.93. The molecular weight excluding hydrogens is 513 g/mol. The molecule has 2 heterocycles. The van der Waals surface area contributed by atoms with Gasteiger partial charge in [-0.3, -0.25) is 10.1 Å². The zero-order chi connectivity index (χ0) is 24.1. The molecule has 7 nitrogen and oxygen atoms in total. The molecule has 2 aromatic carbocycles. The van der Waals surface area contributed by atoms with Gasteiger partial charge in [-0.1, -0.05) is 45.6 Å². The highest BCUT2D eigenvalue weighted by Crippen LogP contribution is 2.38. The van der Waals surface area contributed by atoms with Gasteiger partial charge in [-0.05, 0) is 17.7 Å². The number of hydrogen-bond acceptors (Lipinski definition) is 4. The van der Waals surface area contributed by atoms with Crippen LogP contribution >= 0.6 is 34.8 Å². The summed E-state index contributed by atoms with van der Waals surface area (Å²) in [5.74, 6) is 0.683. The predicted octanol–water partition coefficient (Wildman–Crippen LogP) is 5.37. The van der Waals surface area contributed by atoms with Gasteiger partial charge in [0.15, 0.2) is 5.69 Å². The molecule has 0 bridgehead atoms. The number of nitro groups is 1. The first-order valence-corrected chi connectivity index (χ1v) is 10.5. The van der Waals surface area contributed by atoms with Gasteiger partial charge in [-0.25, -0.2) is 4.57 Å². The Balaban J connectivity index is 0.000000471. The number of non-ortho nitro benzene ring substituents is 1. The molecule has 3 aromatic rings. The number of rotatable bonds is 2. The van der Waals surface area contributed by atoms with Crippen molar-refractivity contribution < 1.29 is 31.5 Å². The molecule has 5 rings (SSSR count). The van der Waals surface area contributed by atoms with Gasteiger partial charge in [-0.15, -0.1) is 0 Å². The van der Waals surface area contributed by atoms with Crippen molar-refractivity contribution >= 4 is 47.7 Å². The molecule has 0 N–H and O–H groups in total. The van der Waals surface area contributed by atoms with Crippen LogP contribution in [0.25, 0.3) is 5.69 Å². The van der Waals surface area contributed by atoms with Gasteiger partial charge < -0.3 is 22.0 Å². The van der Waals surface area contributed by atoms with Crippen molar-refractivity contribution in [3.8, 4) is 5.69 Å². The molecule has 0 saturated heterocycles. The lowest BCUT2D eigenvalue weighted by molar-refractivity contribution is -0.739. The summed E-state index contributed by atoms with van der Waals surface area (Å²) in [7, 11) is -6.00. The number of hydrogen-bond donors (Lipinski definition) is 0. The molecule has 1 aromatic heterocycles. The van der Waals surface area contributed by atoms with E-state index < -0.39 is 7.25 Å². The van der Waals surface area contributed by atoms with Crippen molar-refractivity contribution in [1.82, 2.24) is 9.78 Å². The van der Waals surface area contributed by atoms with Gasteiger partial charge in [0.1, 0.15) is 18.8 Å². The first-order valence-electron chi connectivity index (χ1n) is 9.33. The molecule has 2 atom stereocenters. The molecule has 0 radical (unpaired) electrons. The van der Waals surface area contributed by atoms with E-state index in [0.29, 0.717) is 39.6 Å². The normalized spacial score (nSPS) is 18.6. The number of halogens is 7. The predicted molar refractivity (Wildman–Crippen MR) is 112 cm³/mol. The quantitative estimate of drug-likeness (QED) is 0.148. The van der Waals surface area contributed by atoms with Crippen LogP contribution in [0.5, 0.6) is 0 Å². The largest absolute Gasteiger partial charge is 0.673 e. The zero-order valence-corrected chi connectivity index (χ0v) is 18.5. The maximum Gasteiger partial charge on any atom is 0.673 e. The Bertz CT molecular complexity index is 1230. The summed E-state index contributed by atoms with van der Waals surface area (Å²) in [4.78, 5) is 10.8. The van der Waals surface area contributed by atoms with Crippen molar-refractivity contribution in [2.45, 2.75) is 25.2 Å². The average molecular weight is 525 g/mol. The number of benzene rings is 2. The maximum atomic E-state index is 11.2. The van der Waals surface area contributed by atoms with Crippen LogP contribution in [-0.2, 0) is 17.8 Å². The minimum Gasteiger partial charge on any atom is -0.418 e. The Morgan fingerprint density at radius 2 is 1.79 bits per heavy atom. The summed E-state index contributed by atoms with van der Waals surface area (Å²) in [6.07, 6.45) is 2.38. The summed E-state index contributed by atoms with van der Waals surface area (Å²) in [5, 5.41) is 17.0. The number of aromatic nitrogens is 3. The van der Waals surface area contributed by atoms with Crippen molar-refractivity contribution in [3.63, 3.8) is 0 Å². The van der Waals surface area contributed by atoms with E-state index in [1.165, 1.54) is 6.07 Å². The molecule has 1 aliphatic heterocycles. The minimum absolute atomic E-state index is 0.0586. The molecule has 0 spiro atoms. The second kappa shape index (κ2) is 8.75. The lowest BCUT2D eigenvalue weighted by atomic mass is 10.1. The molecule has 1 aliphatic carbocycles. The lowest BCUT2D eigenvalue weighted by Crippen LogP contribution is -2.51. The molecule has 2 aliphatic rings. The van der Waals surface area contributed by atoms with E-state index in [2.05, 4.69) is 5.10 Å². The van der Waals surface area contributed by atoms with Crippen LogP contribution in [0, 0.1) is 10.1 Å². The van der Waals surface area contributed by atoms with Gasteiger partial charge in [-0.2, -0.15) is 0 Å². The van der Waals surface area contributed by atoms with Crippen LogP contribution in [0.3, 0.4) is 0 Å². The second-order valence-corrected chi connectivity index (χ2v) is 8.49. The molecule has 174 valence electrons. The van der Waals surface area contributed by atoms with Gasteiger partial charge in [0.05, 0.1) is 15.0 Å². The Kier molecular flexibility index (Phi) is 6.29. The van der Waals surface area contributed by atoms with E-state index in [1.807, 2.05) is 4.57 Å². The topological polar surface area (TPSA) is 74.1 Å². The third-order valence-corrected chi connectivity index (χ3v) is 5.92. The number of nitro benzene ring substituents is 1. The van der Waals surface area contributed by atoms with Crippen LogP contribution in [-0.4, -0.2) is 28.1 Å². The molecule has 0 unspecified atom stereocenters. The number of nitrogens with zero attached hydrogens (tertiary/aromatic N) is 4. The molecule has 33 heavy (non-hydrogen) atoms. The molecule has 0 amide bonds. The van der Waals surface area contributed by atoms with Gasteiger partial charge in [0, 0.05) is 34.2 Å². The van der Waals surface area contributed by atoms with Crippen molar-refractivity contribution in [2.24, 2.45) is 0 Å². The molecule has 15 heteroatoms. The Morgan fingerprint density at radius 3 is 2.39 bits per heavy atom. The van der Waals surface area contributed by atoms with E-state index in [9.17, 15) is 27.4 Å². The summed E-state index contributed by atoms with van der Waals surface area (Å²) in [6, 6.07) is 7.94. The number of ether oxygens (including phenoxy) is 1. The highest BCUT2D eigenvalue weighted by Gasteiger charge is 2.44. The molecule has 0 fully saturated rings. The van der Waals surface area contributed by atoms with Gasteiger partial charge in [0.2, 0.25) is 6.33 Å². The van der Waals surface area contributed by atoms with Gasteiger partial charge >= 0.3 is 13.1 Å². The Morgan fingerprint density at radius 1 is 1.15 bits per heavy atom. The van der Waals surface area contributed by atoms with E-state index in [4.69, 9.17) is 39.5 Å². The third kappa shape index (κ3) is 4.93. The van der Waals surface area contributed by atoms with Crippen LogP contribution in [0.4, 0.5) is 23.0 Å². The summed E-state index contributed by atoms with van der Waals surface area (Å²) < 4.78 is 48.6. The Hall–Kier alpha value is -2.41. The minimum atomic E-state index is -6.00. The highest BCUT2D eigenvalue weighted by molar-refractivity contribution is 6.50. The van der Waals surface area contributed by atoms with Gasteiger partial charge in [0.25, 0.3) is 5.69 Å². The molecular formula is C18H12BCl3F4N4O3. The maximum absolute atomic E-state index is 11.2. The van der Waals surface area contributed by atoms with Crippen molar-refractivity contribution in [1.29, 1.82) is 0 Å². The Labute approximate surface area is 198 Å². The zero-order valence-electron chi connectivity index (χ0n) is 16.3.